The fraction of sp³-hybridized carbons (Fsp3) is 0.286. The van der Waals surface area contributed by atoms with Gasteiger partial charge in [-0.3, -0.25) is 9.17 Å². The van der Waals surface area contributed by atoms with Crippen molar-refractivity contribution in [3.05, 3.63) is 31.4 Å². The second-order valence-corrected chi connectivity index (χ2v) is 3.32. The van der Waals surface area contributed by atoms with Gasteiger partial charge in [0.2, 0.25) is 16.7 Å². The first-order chi connectivity index (χ1) is 6.49. The second kappa shape index (κ2) is 6.30. The summed E-state index contributed by atoms with van der Waals surface area (Å²) in [6, 6.07) is 0. The summed E-state index contributed by atoms with van der Waals surface area (Å²) in [5.41, 5.74) is 0. The van der Waals surface area contributed by atoms with Crippen molar-refractivity contribution in [3.63, 3.8) is 0 Å². The molecule has 0 unspecified atom stereocenters. The first-order valence-corrected chi connectivity index (χ1v) is 4.97. The average molecular weight is 220 g/mol. The number of imidazole rings is 1. The monoisotopic (exact) mass is 220 g/mol. The minimum Gasteiger partial charge on any atom is -0.726 e. The van der Waals surface area contributed by atoms with E-state index >= 15 is 0 Å². The van der Waals surface area contributed by atoms with Crippen molar-refractivity contribution in [2.75, 3.05) is 7.11 Å². The molecule has 80 valence electrons. The lowest BCUT2D eigenvalue weighted by Gasteiger charge is -1.98. The molecule has 0 radical (unpaired) electrons. The molecule has 0 saturated carbocycles. The molecule has 0 aliphatic rings. The topological polar surface area (TPSA) is 86.1 Å². The molecule has 6 nitrogen and oxygen atoms in total. The van der Waals surface area contributed by atoms with Crippen LogP contribution in [0, 0.1) is 0 Å². The van der Waals surface area contributed by atoms with Crippen LogP contribution < -0.4 is 4.57 Å². The molecule has 1 N–H and O–H groups in total. The molecule has 1 aromatic rings. The van der Waals surface area contributed by atoms with E-state index in [9.17, 15) is 13.0 Å². The molecule has 1 rings (SSSR count). The van der Waals surface area contributed by atoms with Gasteiger partial charge in [0.05, 0.1) is 7.11 Å². The Hall–Kier alpha value is -1.18. The van der Waals surface area contributed by atoms with Crippen LogP contribution >= 0.6 is 0 Å². The van der Waals surface area contributed by atoms with Crippen molar-refractivity contribution < 1.29 is 21.7 Å². The fourth-order valence-electron chi connectivity index (χ4n) is 0.583. The van der Waals surface area contributed by atoms with Gasteiger partial charge >= 0.3 is 0 Å². The summed E-state index contributed by atoms with van der Waals surface area (Å²) in [4.78, 5) is 2.93. The minimum atomic E-state index is -4.41. The molecule has 0 spiro atoms. The van der Waals surface area contributed by atoms with Gasteiger partial charge in [-0.2, -0.15) is 0 Å². The van der Waals surface area contributed by atoms with Crippen molar-refractivity contribution in [1.82, 2.24) is 4.98 Å². The third kappa shape index (κ3) is 7.47. The molecule has 14 heavy (non-hydrogen) atoms. The van der Waals surface area contributed by atoms with E-state index in [-0.39, 0.29) is 0 Å². The maximum atomic E-state index is 9.22. The number of nitrogens with one attached hydrogen (secondary N) is 1. The van der Waals surface area contributed by atoms with Crippen molar-refractivity contribution in [3.8, 4) is 0 Å². The zero-order chi connectivity index (χ0) is 11.0. The predicted molar refractivity (Wildman–Crippen MR) is 47.9 cm³/mol. The molecule has 0 aliphatic carbocycles. The Morgan fingerprint density at radius 3 is 2.57 bits per heavy atom. The molecule has 0 amide bonds. The first-order valence-electron chi connectivity index (χ1n) is 3.63. The van der Waals surface area contributed by atoms with Crippen LogP contribution in [0.5, 0.6) is 0 Å². The van der Waals surface area contributed by atoms with Crippen LogP contribution in [0.25, 0.3) is 0 Å². The van der Waals surface area contributed by atoms with E-state index in [1.165, 1.54) is 0 Å². The number of aromatic nitrogens is 2. The van der Waals surface area contributed by atoms with Gasteiger partial charge in [-0.1, -0.05) is 12.7 Å². The van der Waals surface area contributed by atoms with Gasteiger partial charge in [0.15, 0.2) is 0 Å². The molecule has 0 aliphatic heterocycles. The molecule has 0 atom stereocenters. The predicted octanol–water partition coefficient (Wildman–Crippen LogP) is -0.419. The molecule has 0 saturated heterocycles. The highest BCUT2D eigenvalue weighted by Crippen LogP contribution is 1.74. The van der Waals surface area contributed by atoms with Crippen LogP contribution in [-0.4, -0.2) is 25.1 Å². The molecule has 7 heteroatoms. The Morgan fingerprint density at radius 1 is 1.71 bits per heavy atom. The van der Waals surface area contributed by atoms with Crippen LogP contribution in [0.1, 0.15) is 0 Å². The lowest BCUT2D eigenvalue weighted by Crippen LogP contribution is -2.28. The van der Waals surface area contributed by atoms with Crippen LogP contribution in [0.4, 0.5) is 0 Å². The zero-order valence-corrected chi connectivity index (χ0v) is 8.53. The van der Waals surface area contributed by atoms with Gasteiger partial charge in [0.25, 0.3) is 0 Å². The maximum absolute atomic E-state index is 9.22. The Kier molecular flexibility index (Phi) is 5.77. The number of rotatable bonds is 3. The van der Waals surface area contributed by atoms with Gasteiger partial charge in [-0.25, -0.2) is 13.0 Å². The number of H-pyrrole nitrogens is 1. The number of hydrogen-bond acceptors (Lipinski definition) is 4. The summed E-state index contributed by atoms with van der Waals surface area (Å²) in [5, 5.41) is 0. The summed E-state index contributed by atoms with van der Waals surface area (Å²) in [6.45, 7) is 4.48. The molecular weight excluding hydrogens is 208 g/mol. The van der Waals surface area contributed by atoms with Gasteiger partial charge in [0.1, 0.15) is 18.9 Å². The van der Waals surface area contributed by atoms with Crippen molar-refractivity contribution >= 4 is 10.4 Å². The van der Waals surface area contributed by atoms with Crippen molar-refractivity contribution in [2.45, 2.75) is 6.54 Å². The Morgan fingerprint density at radius 2 is 2.29 bits per heavy atom. The number of aromatic amines is 1. The van der Waals surface area contributed by atoms with Crippen molar-refractivity contribution in [2.24, 2.45) is 0 Å². The van der Waals surface area contributed by atoms with E-state index in [0.29, 0.717) is 0 Å². The quantitative estimate of drug-likeness (QED) is 0.324. The lowest BCUT2D eigenvalue weighted by atomic mass is 10.6. The summed E-state index contributed by atoms with van der Waals surface area (Å²) in [7, 11) is -3.60. The first kappa shape index (κ1) is 12.8. The van der Waals surface area contributed by atoms with E-state index in [1.54, 1.807) is 0 Å². The molecule has 1 aromatic heterocycles. The number of allylic oxidation sites excluding steroid dienone is 1. The van der Waals surface area contributed by atoms with Crippen LogP contribution in [0.15, 0.2) is 31.4 Å². The third-order valence-electron chi connectivity index (χ3n) is 1.15. The summed E-state index contributed by atoms with van der Waals surface area (Å²) < 4.78 is 33.0. The standard InChI is InChI=1S/C6H8N2.CH4O4S/c1-2-4-8-5-3-7-6-8;1-5-6(2,3)4/h2-3,5-6H,1,4H2;1H3,(H,2,3,4). The van der Waals surface area contributed by atoms with E-state index in [2.05, 4.69) is 15.7 Å². The maximum Gasteiger partial charge on any atom is 0.241 e. The van der Waals surface area contributed by atoms with Gasteiger partial charge in [-0.15, -0.1) is 0 Å². The molecule has 0 fully saturated rings. The molecular formula is C7H12N2O4S. The van der Waals surface area contributed by atoms with Crippen LogP contribution in [0.3, 0.4) is 0 Å². The summed E-state index contributed by atoms with van der Waals surface area (Å²) >= 11 is 0. The highest BCUT2D eigenvalue weighted by Gasteiger charge is 1.87. The normalized spacial score (nSPS) is 10.1. The highest BCUT2D eigenvalue weighted by atomic mass is 32.3. The Balaban J connectivity index is 0.000000255. The summed E-state index contributed by atoms with van der Waals surface area (Å²) in [6.07, 6.45) is 7.58. The Bertz CT molecular complexity index is 344. The largest absolute Gasteiger partial charge is 0.726 e. The van der Waals surface area contributed by atoms with E-state index < -0.39 is 10.4 Å². The van der Waals surface area contributed by atoms with Gasteiger partial charge in [-0.05, 0) is 0 Å². The molecule has 1 heterocycles. The molecule has 0 aromatic carbocycles. The highest BCUT2D eigenvalue weighted by molar-refractivity contribution is 7.80. The number of hydrogen-bond donors (Lipinski definition) is 1. The summed E-state index contributed by atoms with van der Waals surface area (Å²) in [5.74, 6) is 0. The fourth-order valence-corrected chi connectivity index (χ4v) is 0.583. The smallest absolute Gasteiger partial charge is 0.241 e. The van der Waals surface area contributed by atoms with Crippen LogP contribution in [0.2, 0.25) is 0 Å². The van der Waals surface area contributed by atoms with Crippen molar-refractivity contribution in [1.29, 1.82) is 0 Å². The van der Waals surface area contributed by atoms with E-state index in [1.807, 2.05) is 29.4 Å². The third-order valence-corrected chi connectivity index (χ3v) is 1.55. The van der Waals surface area contributed by atoms with Gasteiger partial charge in [0, 0.05) is 0 Å². The van der Waals surface area contributed by atoms with E-state index in [0.717, 1.165) is 13.7 Å². The molecule has 0 bridgehead atoms. The SMILES string of the molecule is C=CC[n+]1cc[nH]c1.COS(=O)(=O)[O-]. The van der Waals surface area contributed by atoms with Crippen LogP contribution in [-0.2, 0) is 21.1 Å². The van der Waals surface area contributed by atoms with Gasteiger partial charge < -0.3 is 4.55 Å². The Labute approximate surface area is 82.8 Å². The second-order valence-electron chi connectivity index (χ2n) is 2.17. The zero-order valence-electron chi connectivity index (χ0n) is 7.71. The van der Waals surface area contributed by atoms with E-state index in [4.69, 9.17) is 0 Å². The average Bonchev–Trinajstić information content (AvgIpc) is 2.58. The number of nitrogens with zero attached hydrogens (tertiary/aromatic N) is 1. The minimum absolute atomic E-state index is 0.808. The lowest BCUT2D eigenvalue weighted by molar-refractivity contribution is -0.685.